The largest absolute Gasteiger partial charge is 0.481 e. The molecule has 0 aliphatic rings. The van der Waals surface area contributed by atoms with Gasteiger partial charge >= 0.3 is 17.9 Å². The van der Waals surface area contributed by atoms with Crippen molar-refractivity contribution in [2.24, 2.45) is 0 Å². The number of carbonyl (C=O) groups is 3. The van der Waals surface area contributed by atoms with Crippen LogP contribution in [0.25, 0.3) is 0 Å². The lowest BCUT2D eigenvalue weighted by atomic mass is 10.0. The molecule has 0 aromatic heterocycles. The average Bonchev–Trinajstić information content (AvgIpc) is 2.37. The van der Waals surface area contributed by atoms with Crippen LogP contribution in [0.5, 0.6) is 5.75 Å². The van der Waals surface area contributed by atoms with Crippen LogP contribution in [0.2, 0.25) is 0 Å². The number of carbonyl (C=O) groups excluding carboxylic acids is 2. The molecule has 0 fully saturated rings. The van der Waals surface area contributed by atoms with Crippen LogP contribution in [-0.4, -0.2) is 29.6 Å². The number of hydrogen-bond donors (Lipinski definition) is 1. The number of esters is 2. The van der Waals surface area contributed by atoms with Crippen LogP contribution in [0.3, 0.4) is 0 Å². The summed E-state index contributed by atoms with van der Waals surface area (Å²) in [5.74, 6) is -2.37. The van der Waals surface area contributed by atoms with E-state index in [0.29, 0.717) is 17.5 Å². The van der Waals surface area contributed by atoms with Crippen molar-refractivity contribution in [1.82, 2.24) is 0 Å². The van der Waals surface area contributed by atoms with E-state index in [-0.39, 0.29) is 11.3 Å². The first-order chi connectivity index (χ1) is 9.86. The topological polar surface area (TPSA) is 89.9 Å². The Bertz CT molecular complexity index is 588. The molecular formula is C15H16O6. The van der Waals surface area contributed by atoms with Crippen LogP contribution in [0.15, 0.2) is 24.8 Å². The van der Waals surface area contributed by atoms with Gasteiger partial charge in [0.2, 0.25) is 0 Å². The molecular weight excluding hydrogens is 276 g/mol. The van der Waals surface area contributed by atoms with Crippen molar-refractivity contribution in [2.75, 3.05) is 6.61 Å². The Morgan fingerprint density at radius 3 is 2.52 bits per heavy atom. The molecule has 0 bridgehead atoms. The minimum absolute atomic E-state index is 0.0812. The van der Waals surface area contributed by atoms with Gasteiger partial charge < -0.3 is 14.6 Å². The summed E-state index contributed by atoms with van der Waals surface area (Å²) in [4.78, 5) is 33.1. The highest BCUT2D eigenvalue weighted by Gasteiger charge is 2.17. The highest BCUT2D eigenvalue weighted by Crippen LogP contribution is 2.27. The minimum Gasteiger partial charge on any atom is -0.481 e. The van der Waals surface area contributed by atoms with Gasteiger partial charge in [0, 0.05) is 12.5 Å². The molecule has 1 N–H and O–H groups in total. The highest BCUT2D eigenvalue weighted by molar-refractivity contribution is 5.90. The molecule has 112 valence electrons. The average molecular weight is 292 g/mol. The summed E-state index contributed by atoms with van der Waals surface area (Å²) in [5, 5.41) is 9.10. The summed E-state index contributed by atoms with van der Waals surface area (Å²) in [6.45, 7) is 5.83. The van der Waals surface area contributed by atoms with Gasteiger partial charge in [-0.05, 0) is 25.0 Å². The molecule has 0 heterocycles. The normalized spacial score (nSPS) is 9.81. The first-order valence-corrected chi connectivity index (χ1v) is 6.17. The molecule has 0 saturated heterocycles. The first kappa shape index (κ1) is 16.4. The number of aromatic carboxylic acids is 1. The molecule has 0 aliphatic heterocycles. The van der Waals surface area contributed by atoms with E-state index in [1.165, 1.54) is 6.07 Å². The van der Waals surface area contributed by atoms with Crippen molar-refractivity contribution in [2.45, 2.75) is 20.3 Å². The maximum atomic E-state index is 11.3. The minimum atomic E-state index is -1.09. The Kier molecular flexibility index (Phi) is 5.66. The summed E-state index contributed by atoms with van der Waals surface area (Å²) in [6.07, 6.45) is 2.09. The molecule has 0 amide bonds. The number of ether oxygens (including phenoxy) is 2. The van der Waals surface area contributed by atoms with Gasteiger partial charge in [-0.1, -0.05) is 12.1 Å². The SMILES string of the molecule is C=CCc1ccc(C(=O)O)c(C)c1OCC(=O)OC(C)=O. The van der Waals surface area contributed by atoms with Crippen molar-refractivity contribution in [3.05, 3.63) is 41.5 Å². The van der Waals surface area contributed by atoms with Gasteiger partial charge in [-0.3, -0.25) is 4.79 Å². The van der Waals surface area contributed by atoms with Gasteiger partial charge in [-0.2, -0.15) is 0 Å². The number of benzene rings is 1. The third-order valence-electron chi connectivity index (χ3n) is 2.67. The molecule has 6 nitrogen and oxygen atoms in total. The monoisotopic (exact) mass is 292 g/mol. The number of carboxylic acid groups (broad SMARTS) is 1. The molecule has 0 saturated carbocycles. The molecule has 1 aromatic carbocycles. The van der Waals surface area contributed by atoms with Crippen LogP contribution in [0.1, 0.15) is 28.4 Å². The van der Waals surface area contributed by atoms with Crippen LogP contribution in [0, 0.1) is 6.92 Å². The molecule has 0 aliphatic carbocycles. The quantitative estimate of drug-likeness (QED) is 0.489. The van der Waals surface area contributed by atoms with Crippen molar-refractivity contribution in [1.29, 1.82) is 0 Å². The third-order valence-corrected chi connectivity index (χ3v) is 2.67. The fraction of sp³-hybridized carbons (Fsp3) is 0.267. The lowest BCUT2D eigenvalue weighted by molar-refractivity contribution is -0.159. The number of allylic oxidation sites excluding steroid dienone is 1. The molecule has 0 unspecified atom stereocenters. The predicted octanol–water partition coefficient (Wildman–Crippen LogP) is 1.89. The molecule has 21 heavy (non-hydrogen) atoms. The summed E-state index contributed by atoms with van der Waals surface area (Å²) < 4.78 is 9.69. The Hall–Kier alpha value is -2.63. The molecule has 1 aromatic rings. The molecule has 0 spiro atoms. The predicted molar refractivity (Wildman–Crippen MR) is 74.3 cm³/mol. The summed E-state index contributed by atoms with van der Waals surface area (Å²) in [6, 6.07) is 3.07. The van der Waals surface area contributed by atoms with Gasteiger partial charge in [0.05, 0.1) is 5.56 Å². The summed E-state index contributed by atoms with van der Waals surface area (Å²) in [7, 11) is 0. The van der Waals surface area contributed by atoms with E-state index in [4.69, 9.17) is 9.84 Å². The Morgan fingerprint density at radius 1 is 1.33 bits per heavy atom. The number of hydrogen-bond acceptors (Lipinski definition) is 5. The Labute approximate surface area is 122 Å². The van der Waals surface area contributed by atoms with Crippen molar-refractivity contribution >= 4 is 17.9 Å². The van der Waals surface area contributed by atoms with Gasteiger partial charge in [0.25, 0.3) is 0 Å². The highest BCUT2D eigenvalue weighted by atomic mass is 16.6. The van der Waals surface area contributed by atoms with Crippen LogP contribution >= 0.6 is 0 Å². The summed E-state index contributed by atoms with van der Waals surface area (Å²) >= 11 is 0. The zero-order valence-electron chi connectivity index (χ0n) is 11.8. The van der Waals surface area contributed by atoms with Crippen LogP contribution < -0.4 is 4.74 Å². The Morgan fingerprint density at radius 2 is 2.00 bits per heavy atom. The standard InChI is InChI=1S/C15H16O6/c1-4-5-11-6-7-12(15(18)19)9(2)14(11)20-8-13(17)21-10(3)16/h4,6-7H,1,5,8H2,2-3H3,(H,18,19). The Balaban J connectivity index is 3.03. The third kappa shape index (κ3) is 4.45. The van der Waals surface area contributed by atoms with Gasteiger partial charge in [0.15, 0.2) is 6.61 Å². The fourth-order valence-corrected chi connectivity index (χ4v) is 1.82. The van der Waals surface area contributed by atoms with Crippen LogP contribution in [0.4, 0.5) is 0 Å². The van der Waals surface area contributed by atoms with E-state index in [2.05, 4.69) is 11.3 Å². The van der Waals surface area contributed by atoms with E-state index in [1.807, 2.05) is 0 Å². The van der Waals surface area contributed by atoms with E-state index in [0.717, 1.165) is 6.92 Å². The van der Waals surface area contributed by atoms with Crippen LogP contribution in [-0.2, 0) is 20.7 Å². The van der Waals surface area contributed by atoms with Crippen molar-refractivity contribution in [3.63, 3.8) is 0 Å². The zero-order chi connectivity index (χ0) is 16.0. The van der Waals surface area contributed by atoms with E-state index in [1.54, 1.807) is 19.1 Å². The molecule has 0 radical (unpaired) electrons. The lowest BCUT2D eigenvalue weighted by Gasteiger charge is -2.14. The number of carboxylic acids is 1. The molecule has 6 heteroatoms. The zero-order valence-corrected chi connectivity index (χ0v) is 11.8. The first-order valence-electron chi connectivity index (χ1n) is 6.17. The van der Waals surface area contributed by atoms with E-state index >= 15 is 0 Å². The maximum absolute atomic E-state index is 11.3. The van der Waals surface area contributed by atoms with Gasteiger partial charge in [0.1, 0.15) is 5.75 Å². The fourth-order valence-electron chi connectivity index (χ4n) is 1.82. The van der Waals surface area contributed by atoms with Gasteiger partial charge in [-0.25, -0.2) is 9.59 Å². The second-order valence-electron chi connectivity index (χ2n) is 4.28. The lowest BCUT2D eigenvalue weighted by Crippen LogP contribution is -2.18. The second-order valence-corrected chi connectivity index (χ2v) is 4.28. The second kappa shape index (κ2) is 7.23. The molecule has 0 atom stereocenters. The van der Waals surface area contributed by atoms with E-state index in [9.17, 15) is 14.4 Å². The summed E-state index contributed by atoms with van der Waals surface area (Å²) in [5.41, 5.74) is 1.18. The number of rotatable bonds is 6. The van der Waals surface area contributed by atoms with Gasteiger partial charge in [-0.15, -0.1) is 6.58 Å². The van der Waals surface area contributed by atoms with Crippen molar-refractivity contribution < 1.29 is 29.0 Å². The molecule has 1 rings (SSSR count). The smallest absolute Gasteiger partial charge is 0.351 e. The van der Waals surface area contributed by atoms with Crippen molar-refractivity contribution in [3.8, 4) is 5.75 Å². The maximum Gasteiger partial charge on any atom is 0.351 e. The van der Waals surface area contributed by atoms with E-state index < -0.39 is 24.5 Å².